The molecule has 0 aromatic heterocycles. The molecule has 2 aliphatic rings. The first kappa shape index (κ1) is 14.3. The van der Waals surface area contributed by atoms with Crippen LogP contribution in [0.25, 0.3) is 0 Å². The minimum atomic E-state index is -0.300. The Balaban J connectivity index is 1.81. The number of nitrogens with one attached hydrogen (secondary N) is 1. The lowest BCUT2D eigenvalue weighted by molar-refractivity contribution is 0.0889. The molecule has 1 unspecified atom stereocenters. The molecule has 0 radical (unpaired) electrons. The molecule has 0 aliphatic carbocycles. The zero-order chi connectivity index (χ0) is 14.9. The number of carbonyl (C=O) groups is 1. The summed E-state index contributed by atoms with van der Waals surface area (Å²) in [6, 6.07) is 6.41. The molecule has 1 amide bonds. The summed E-state index contributed by atoms with van der Waals surface area (Å²) in [5.74, 6) is 0.141. The Labute approximate surface area is 124 Å². The van der Waals surface area contributed by atoms with Crippen molar-refractivity contribution in [1.82, 2.24) is 10.2 Å². The highest BCUT2D eigenvalue weighted by Crippen LogP contribution is 2.37. The molecule has 2 saturated heterocycles. The number of benzene rings is 1. The predicted molar refractivity (Wildman–Crippen MR) is 77.3 cm³/mol. The van der Waals surface area contributed by atoms with Crippen molar-refractivity contribution in [1.29, 1.82) is 0 Å². The third kappa shape index (κ3) is 2.75. The van der Waals surface area contributed by atoms with Crippen LogP contribution in [0, 0.1) is 11.7 Å². The van der Waals surface area contributed by atoms with E-state index < -0.39 is 0 Å². The van der Waals surface area contributed by atoms with Crippen molar-refractivity contribution in [3.63, 3.8) is 0 Å². The van der Waals surface area contributed by atoms with Gasteiger partial charge in [0.1, 0.15) is 12.4 Å². The highest BCUT2D eigenvalue weighted by atomic mass is 19.1. The van der Waals surface area contributed by atoms with E-state index in [-0.39, 0.29) is 17.4 Å². The molecular weight excluding hydrogens is 271 g/mol. The lowest BCUT2D eigenvalue weighted by Gasteiger charge is -2.41. The molecule has 0 bridgehead atoms. The molecule has 0 spiro atoms. The van der Waals surface area contributed by atoms with Crippen molar-refractivity contribution >= 4 is 6.09 Å². The van der Waals surface area contributed by atoms with Gasteiger partial charge >= 0.3 is 6.09 Å². The van der Waals surface area contributed by atoms with Crippen molar-refractivity contribution in [2.75, 3.05) is 19.7 Å². The molecule has 1 atom stereocenters. The minimum Gasteiger partial charge on any atom is -0.447 e. The van der Waals surface area contributed by atoms with Crippen molar-refractivity contribution in [2.45, 2.75) is 31.8 Å². The van der Waals surface area contributed by atoms with Crippen LogP contribution in [0.1, 0.15) is 25.3 Å². The molecular formula is C16H21FN2O2. The van der Waals surface area contributed by atoms with Crippen molar-refractivity contribution in [3.8, 4) is 0 Å². The first-order valence-corrected chi connectivity index (χ1v) is 7.49. The molecule has 2 heterocycles. The zero-order valence-electron chi connectivity index (χ0n) is 12.3. The van der Waals surface area contributed by atoms with Gasteiger partial charge in [0.2, 0.25) is 0 Å². The Morgan fingerprint density at radius 3 is 2.90 bits per heavy atom. The summed E-state index contributed by atoms with van der Waals surface area (Å²) in [5.41, 5.74) is 0.500. The molecule has 4 nitrogen and oxygen atoms in total. The Morgan fingerprint density at radius 2 is 2.19 bits per heavy atom. The van der Waals surface area contributed by atoms with Gasteiger partial charge in [-0.3, -0.25) is 4.90 Å². The van der Waals surface area contributed by atoms with Crippen LogP contribution in [0.3, 0.4) is 0 Å². The summed E-state index contributed by atoms with van der Waals surface area (Å²) in [5, 5.41) is 3.34. The fraction of sp³-hybridized carbons (Fsp3) is 0.562. The Hall–Kier alpha value is -1.62. The fourth-order valence-electron chi connectivity index (χ4n) is 3.42. The van der Waals surface area contributed by atoms with Crippen LogP contribution in [-0.2, 0) is 11.3 Å². The van der Waals surface area contributed by atoms with Gasteiger partial charge in [0.25, 0.3) is 0 Å². The molecule has 0 saturated carbocycles. The van der Waals surface area contributed by atoms with E-state index in [9.17, 15) is 9.18 Å². The van der Waals surface area contributed by atoms with Crippen LogP contribution in [0.15, 0.2) is 24.3 Å². The summed E-state index contributed by atoms with van der Waals surface area (Å²) in [7, 11) is 0. The van der Waals surface area contributed by atoms with Gasteiger partial charge in [-0.1, -0.05) is 12.1 Å². The van der Waals surface area contributed by atoms with E-state index in [0.717, 1.165) is 31.5 Å². The molecule has 2 fully saturated rings. The second-order valence-electron chi connectivity index (χ2n) is 6.15. The van der Waals surface area contributed by atoms with Crippen LogP contribution in [0.4, 0.5) is 9.18 Å². The topological polar surface area (TPSA) is 41.6 Å². The highest BCUT2D eigenvalue weighted by molar-refractivity contribution is 5.71. The van der Waals surface area contributed by atoms with Crippen LogP contribution < -0.4 is 5.32 Å². The smallest absolute Gasteiger partial charge is 0.410 e. The van der Waals surface area contributed by atoms with E-state index in [4.69, 9.17) is 4.74 Å². The maximum Gasteiger partial charge on any atom is 0.410 e. The number of ether oxygens (including phenoxy) is 1. The second-order valence-corrected chi connectivity index (χ2v) is 6.15. The predicted octanol–water partition coefficient (Wildman–Crippen LogP) is 2.54. The molecule has 1 aromatic rings. The van der Waals surface area contributed by atoms with Gasteiger partial charge in [-0.2, -0.15) is 0 Å². The number of hydrogen-bond donors (Lipinski definition) is 1. The summed E-state index contributed by atoms with van der Waals surface area (Å²) in [6.45, 7) is 4.86. The molecule has 21 heavy (non-hydrogen) atoms. The standard InChI is InChI=1S/C16H21FN2O2/c1-16(13-5-7-18-8-6-13)11-21-15(20)19(16)10-12-3-2-4-14(17)9-12/h2-4,9,13,18H,5-8,10-11H2,1H3. The maximum atomic E-state index is 13.3. The number of amides is 1. The number of rotatable bonds is 3. The molecule has 1 N–H and O–H groups in total. The van der Waals surface area contributed by atoms with Gasteiger partial charge in [0.05, 0.1) is 5.54 Å². The van der Waals surface area contributed by atoms with Gasteiger partial charge < -0.3 is 10.1 Å². The number of hydrogen-bond acceptors (Lipinski definition) is 3. The summed E-state index contributed by atoms with van der Waals surface area (Å²) >= 11 is 0. The Morgan fingerprint density at radius 1 is 1.43 bits per heavy atom. The number of carbonyl (C=O) groups excluding carboxylic acids is 1. The average molecular weight is 292 g/mol. The normalized spacial score (nSPS) is 27.0. The van der Waals surface area contributed by atoms with Gasteiger partial charge in [-0.05, 0) is 56.5 Å². The molecule has 1 aromatic carbocycles. The number of halogens is 1. The van der Waals surface area contributed by atoms with Crippen LogP contribution in [0.2, 0.25) is 0 Å². The summed E-state index contributed by atoms with van der Waals surface area (Å²) < 4.78 is 18.7. The fourth-order valence-corrected chi connectivity index (χ4v) is 3.42. The molecule has 3 rings (SSSR count). The van der Waals surface area contributed by atoms with Crippen LogP contribution >= 0.6 is 0 Å². The highest BCUT2D eigenvalue weighted by Gasteiger charge is 2.48. The third-order valence-corrected chi connectivity index (χ3v) is 4.77. The van der Waals surface area contributed by atoms with E-state index in [0.29, 0.717) is 19.1 Å². The number of cyclic esters (lactones) is 1. The van der Waals surface area contributed by atoms with Gasteiger partial charge in [0.15, 0.2) is 0 Å². The van der Waals surface area contributed by atoms with E-state index >= 15 is 0 Å². The molecule has 5 heteroatoms. The summed E-state index contributed by atoms with van der Waals surface area (Å²) in [6.07, 6.45) is 1.78. The van der Waals surface area contributed by atoms with Crippen LogP contribution in [-0.4, -0.2) is 36.2 Å². The first-order chi connectivity index (χ1) is 10.1. The van der Waals surface area contributed by atoms with E-state index in [1.807, 2.05) is 6.07 Å². The third-order valence-electron chi connectivity index (χ3n) is 4.77. The molecule has 2 aliphatic heterocycles. The lowest BCUT2D eigenvalue weighted by Crippen LogP contribution is -2.52. The average Bonchev–Trinajstić information content (AvgIpc) is 2.78. The largest absolute Gasteiger partial charge is 0.447 e. The van der Waals surface area contributed by atoms with E-state index in [1.54, 1.807) is 11.0 Å². The van der Waals surface area contributed by atoms with Crippen molar-refractivity contribution in [3.05, 3.63) is 35.6 Å². The van der Waals surface area contributed by atoms with Gasteiger partial charge in [0, 0.05) is 6.54 Å². The zero-order valence-corrected chi connectivity index (χ0v) is 12.3. The first-order valence-electron chi connectivity index (χ1n) is 7.49. The number of nitrogens with zero attached hydrogens (tertiary/aromatic N) is 1. The Bertz CT molecular complexity index is 531. The Kier molecular flexibility index (Phi) is 3.85. The number of piperidine rings is 1. The van der Waals surface area contributed by atoms with Crippen LogP contribution in [0.5, 0.6) is 0 Å². The maximum absolute atomic E-state index is 13.3. The van der Waals surface area contributed by atoms with E-state index in [2.05, 4.69) is 12.2 Å². The quantitative estimate of drug-likeness (QED) is 0.931. The second kappa shape index (κ2) is 5.64. The molecule has 114 valence electrons. The van der Waals surface area contributed by atoms with Gasteiger partial charge in [-0.25, -0.2) is 9.18 Å². The van der Waals surface area contributed by atoms with Gasteiger partial charge in [-0.15, -0.1) is 0 Å². The lowest BCUT2D eigenvalue weighted by atomic mass is 9.79. The monoisotopic (exact) mass is 292 g/mol. The van der Waals surface area contributed by atoms with E-state index in [1.165, 1.54) is 12.1 Å². The summed E-state index contributed by atoms with van der Waals surface area (Å²) in [4.78, 5) is 13.9. The van der Waals surface area contributed by atoms with Crippen molar-refractivity contribution < 1.29 is 13.9 Å². The SMILES string of the molecule is CC1(C2CCNCC2)COC(=O)N1Cc1cccc(F)c1. The minimum absolute atomic E-state index is 0.274. The van der Waals surface area contributed by atoms with Crippen molar-refractivity contribution in [2.24, 2.45) is 5.92 Å².